The second kappa shape index (κ2) is 6.58. The molecule has 0 spiro atoms. The van der Waals surface area contributed by atoms with Gasteiger partial charge in [0, 0.05) is 6.42 Å². The van der Waals surface area contributed by atoms with E-state index in [1.165, 1.54) is 32.5 Å². The highest BCUT2D eigenvalue weighted by Gasteiger charge is 2.33. The number of nitrogens with one attached hydrogen (secondary N) is 2. The zero-order chi connectivity index (χ0) is 12.1. The summed E-state index contributed by atoms with van der Waals surface area (Å²) >= 11 is 0. The van der Waals surface area contributed by atoms with Crippen molar-refractivity contribution in [2.45, 2.75) is 38.8 Å². The molecule has 0 aromatic heterocycles. The number of piperidine rings is 1. The van der Waals surface area contributed by atoms with Crippen LogP contribution in [0.1, 0.15) is 26.7 Å². The molecule has 1 aliphatic heterocycles. The molecular weight excluding hydrogens is 198 g/mol. The van der Waals surface area contributed by atoms with E-state index in [4.69, 9.17) is 0 Å². The van der Waals surface area contributed by atoms with E-state index in [1.54, 1.807) is 9.80 Å². The Morgan fingerprint density at radius 2 is 2.00 bits per heavy atom. The van der Waals surface area contributed by atoms with Gasteiger partial charge in [0.05, 0.1) is 65.2 Å². The van der Waals surface area contributed by atoms with Crippen LogP contribution in [0.15, 0.2) is 0 Å². The van der Waals surface area contributed by atoms with Gasteiger partial charge < -0.3 is 15.1 Å². The molecule has 0 bridgehead atoms. The number of quaternary nitrogens is 3. The van der Waals surface area contributed by atoms with Crippen molar-refractivity contribution in [2.75, 3.05) is 40.8 Å². The Bertz CT molecular complexity index is 194. The van der Waals surface area contributed by atoms with E-state index < -0.39 is 0 Å². The Hall–Kier alpha value is -0.120. The zero-order valence-corrected chi connectivity index (χ0v) is 11.8. The average Bonchev–Trinajstić information content (AvgIpc) is 2.19. The molecule has 0 aromatic carbocycles. The summed E-state index contributed by atoms with van der Waals surface area (Å²) in [6, 6.07) is 1.72. The van der Waals surface area contributed by atoms with Gasteiger partial charge in [0.2, 0.25) is 0 Å². The second-order valence-corrected chi connectivity index (χ2v) is 6.16. The Morgan fingerprint density at radius 1 is 1.31 bits per heavy atom. The lowest BCUT2D eigenvalue weighted by molar-refractivity contribution is -0.923. The number of likely N-dealkylation sites (tertiary alicyclic amines) is 1. The maximum absolute atomic E-state index is 2.61. The third kappa shape index (κ3) is 4.40. The number of rotatable bonds is 5. The Morgan fingerprint density at radius 3 is 2.62 bits per heavy atom. The van der Waals surface area contributed by atoms with Crippen LogP contribution < -0.4 is 15.1 Å². The molecule has 96 valence electrons. The molecule has 3 heteroatoms. The first-order valence-electron chi connectivity index (χ1n) is 6.95. The fourth-order valence-corrected chi connectivity index (χ4v) is 2.82. The van der Waals surface area contributed by atoms with Gasteiger partial charge in [-0.2, -0.15) is 0 Å². The molecular formula is C13H32N3+3. The van der Waals surface area contributed by atoms with Gasteiger partial charge in [-0.1, -0.05) is 6.92 Å². The summed E-state index contributed by atoms with van der Waals surface area (Å²) in [4.78, 5) is 3.29. The first-order chi connectivity index (χ1) is 7.50. The van der Waals surface area contributed by atoms with Crippen LogP contribution in [0, 0.1) is 5.92 Å². The lowest BCUT2D eigenvalue weighted by Crippen LogP contribution is -3.16. The fraction of sp³-hybridized carbons (Fsp3) is 1.00. The molecule has 1 saturated heterocycles. The van der Waals surface area contributed by atoms with Crippen LogP contribution in [0.25, 0.3) is 0 Å². The first-order valence-corrected chi connectivity index (χ1v) is 6.95. The van der Waals surface area contributed by atoms with E-state index in [9.17, 15) is 0 Å². The maximum Gasteiger partial charge on any atom is 0.0996 e. The van der Waals surface area contributed by atoms with Crippen molar-refractivity contribution < 1.29 is 15.1 Å². The highest BCUT2D eigenvalue weighted by molar-refractivity contribution is 4.70. The van der Waals surface area contributed by atoms with Crippen molar-refractivity contribution in [3.05, 3.63) is 0 Å². The van der Waals surface area contributed by atoms with Crippen LogP contribution in [0.5, 0.6) is 0 Å². The van der Waals surface area contributed by atoms with Crippen LogP contribution in [-0.2, 0) is 0 Å². The van der Waals surface area contributed by atoms with Crippen LogP contribution in [0.3, 0.4) is 0 Å². The number of hydrogen-bond acceptors (Lipinski definition) is 0. The van der Waals surface area contributed by atoms with Gasteiger partial charge >= 0.3 is 0 Å². The molecule has 3 nitrogen and oxygen atoms in total. The summed E-state index contributed by atoms with van der Waals surface area (Å²) in [6.07, 6.45) is 2.74. The molecule has 1 heterocycles. The van der Waals surface area contributed by atoms with Crippen molar-refractivity contribution >= 4 is 0 Å². The SMILES string of the molecule is C[C@@H]1C[NH+](C)[C@H](C)C[C@@H]1[NH2+]CCC[NH+](C)C. The standard InChI is InChI=1S/C13H29N3/c1-11-10-16(5)12(2)9-13(11)14-7-6-8-15(3)4/h11-14H,6-10H2,1-5H3/p+3/t11-,12-,13+/m1/s1. The summed E-state index contributed by atoms with van der Waals surface area (Å²) in [6.45, 7) is 8.78. The van der Waals surface area contributed by atoms with Crippen molar-refractivity contribution in [1.82, 2.24) is 0 Å². The van der Waals surface area contributed by atoms with Gasteiger partial charge in [0.15, 0.2) is 0 Å². The van der Waals surface area contributed by atoms with Crippen LogP contribution in [-0.4, -0.2) is 52.9 Å². The zero-order valence-electron chi connectivity index (χ0n) is 11.8. The van der Waals surface area contributed by atoms with E-state index in [-0.39, 0.29) is 0 Å². The normalized spacial score (nSPS) is 35.6. The van der Waals surface area contributed by atoms with Crippen molar-refractivity contribution in [3.8, 4) is 0 Å². The third-order valence-corrected chi connectivity index (χ3v) is 4.19. The molecule has 1 fully saturated rings. The molecule has 0 radical (unpaired) electrons. The van der Waals surface area contributed by atoms with Crippen LogP contribution in [0.4, 0.5) is 0 Å². The molecule has 1 aliphatic rings. The molecule has 0 aromatic rings. The first kappa shape index (κ1) is 13.9. The molecule has 4 N–H and O–H groups in total. The van der Waals surface area contributed by atoms with E-state index in [2.05, 4.69) is 40.3 Å². The van der Waals surface area contributed by atoms with Crippen LogP contribution in [0.2, 0.25) is 0 Å². The largest absolute Gasteiger partial charge is 0.343 e. The summed E-state index contributed by atoms with van der Waals surface area (Å²) in [7, 11) is 6.82. The maximum atomic E-state index is 2.61. The predicted molar refractivity (Wildman–Crippen MR) is 67.9 cm³/mol. The number of hydrogen-bond donors (Lipinski definition) is 3. The molecule has 0 aliphatic carbocycles. The molecule has 1 rings (SSSR count). The number of nitrogens with two attached hydrogens (primary N) is 1. The molecule has 0 amide bonds. The minimum absolute atomic E-state index is 0.844. The predicted octanol–water partition coefficient (Wildman–Crippen LogP) is -2.60. The third-order valence-electron chi connectivity index (χ3n) is 4.19. The van der Waals surface area contributed by atoms with Gasteiger partial charge in [-0.3, -0.25) is 0 Å². The summed E-state index contributed by atoms with van der Waals surface area (Å²) < 4.78 is 0. The second-order valence-electron chi connectivity index (χ2n) is 6.16. The van der Waals surface area contributed by atoms with Crippen molar-refractivity contribution in [1.29, 1.82) is 0 Å². The molecule has 0 saturated carbocycles. The molecule has 16 heavy (non-hydrogen) atoms. The summed E-state index contributed by atoms with van der Waals surface area (Å²) in [5, 5.41) is 2.61. The van der Waals surface area contributed by atoms with Gasteiger partial charge in [0.1, 0.15) is 0 Å². The minimum Gasteiger partial charge on any atom is -0.343 e. The summed E-state index contributed by atoms with van der Waals surface area (Å²) in [5.41, 5.74) is 0. The highest BCUT2D eigenvalue weighted by atomic mass is 15.2. The van der Waals surface area contributed by atoms with Crippen LogP contribution >= 0.6 is 0 Å². The van der Waals surface area contributed by atoms with Gasteiger partial charge in [0.25, 0.3) is 0 Å². The fourth-order valence-electron chi connectivity index (χ4n) is 2.82. The van der Waals surface area contributed by atoms with Crippen molar-refractivity contribution in [3.63, 3.8) is 0 Å². The summed E-state index contributed by atoms with van der Waals surface area (Å²) in [5.74, 6) is 0.878. The highest BCUT2D eigenvalue weighted by Crippen LogP contribution is 2.07. The van der Waals surface area contributed by atoms with E-state index in [0.717, 1.165) is 18.0 Å². The van der Waals surface area contributed by atoms with Gasteiger partial charge in [-0.05, 0) is 6.92 Å². The molecule has 1 unspecified atom stereocenters. The smallest absolute Gasteiger partial charge is 0.0996 e. The Balaban J connectivity index is 2.20. The van der Waals surface area contributed by atoms with Crippen molar-refractivity contribution in [2.24, 2.45) is 5.92 Å². The van der Waals surface area contributed by atoms with Gasteiger partial charge in [-0.15, -0.1) is 0 Å². The van der Waals surface area contributed by atoms with E-state index >= 15 is 0 Å². The van der Waals surface area contributed by atoms with Gasteiger partial charge in [-0.25, -0.2) is 0 Å². The Labute approximate surface area is 101 Å². The minimum atomic E-state index is 0.844. The Kier molecular flexibility index (Phi) is 5.73. The topological polar surface area (TPSA) is 25.5 Å². The monoisotopic (exact) mass is 230 g/mol. The molecule has 4 atom stereocenters. The van der Waals surface area contributed by atoms with E-state index in [0.29, 0.717) is 0 Å². The average molecular weight is 230 g/mol. The quantitative estimate of drug-likeness (QED) is 0.432. The lowest BCUT2D eigenvalue weighted by atomic mass is 9.90. The lowest BCUT2D eigenvalue weighted by Gasteiger charge is -2.35. The van der Waals surface area contributed by atoms with E-state index in [1.807, 2.05) is 0 Å².